The summed E-state index contributed by atoms with van der Waals surface area (Å²) in [5.74, 6) is -0.503. The second-order valence-corrected chi connectivity index (χ2v) is 5.91. The summed E-state index contributed by atoms with van der Waals surface area (Å²) >= 11 is 5.80. The minimum Gasteiger partial charge on any atom is -0.326 e. The van der Waals surface area contributed by atoms with Gasteiger partial charge in [-0.15, -0.1) is 0 Å². The van der Waals surface area contributed by atoms with E-state index in [4.69, 9.17) is 11.6 Å². The topological polar surface area (TPSA) is 70.6 Å². The van der Waals surface area contributed by atoms with Crippen LogP contribution in [0.1, 0.15) is 29.8 Å². The van der Waals surface area contributed by atoms with Crippen LogP contribution in [0.4, 0.5) is 5.69 Å². The van der Waals surface area contributed by atoms with Crippen molar-refractivity contribution in [2.75, 3.05) is 5.32 Å². The van der Waals surface area contributed by atoms with E-state index in [1.807, 2.05) is 13.8 Å². The van der Waals surface area contributed by atoms with E-state index in [0.717, 1.165) is 5.56 Å². The van der Waals surface area contributed by atoms with Crippen molar-refractivity contribution in [3.8, 4) is 0 Å². The monoisotopic (exact) mass is 343 g/mol. The van der Waals surface area contributed by atoms with Gasteiger partial charge < -0.3 is 5.32 Å². The number of amides is 2. The maximum atomic E-state index is 12.0. The molecule has 0 fully saturated rings. The van der Waals surface area contributed by atoms with Crippen LogP contribution in [-0.4, -0.2) is 18.0 Å². The van der Waals surface area contributed by atoms with Crippen LogP contribution in [0.25, 0.3) is 0 Å². The number of anilines is 1. The Kier molecular flexibility index (Phi) is 6.09. The fraction of sp³-hybridized carbons (Fsp3) is 0.167. The van der Waals surface area contributed by atoms with Crippen molar-refractivity contribution < 1.29 is 9.59 Å². The molecule has 24 heavy (non-hydrogen) atoms. The molecular weight excluding hydrogens is 326 g/mol. The Morgan fingerprint density at radius 2 is 1.67 bits per heavy atom. The van der Waals surface area contributed by atoms with E-state index >= 15 is 0 Å². The maximum absolute atomic E-state index is 12.0. The Bertz CT molecular complexity index is 738. The number of carbonyl (C=O) groups is 2. The Morgan fingerprint density at radius 1 is 1.04 bits per heavy atom. The van der Waals surface area contributed by atoms with Gasteiger partial charge in [0, 0.05) is 22.2 Å². The van der Waals surface area contributed by atoms with Crippen LogP contribution in [0.3, 0.4) is 0 Å². The summed E-state index contributed by atoms with van der Waals surface area (Å²) in [7, 11) is 0. The molecule has 124 valence electrons. The highest BCUT2D eigenvalue weighted by molar-refractivity contribution is 6.30. The van der Waals surface area contributed by atoms with Gasteiger partial charge in [0.25, 0.3) is 5.91 Å². The molecular formula is C18H18ClN3O2. The SMILES string of the molecule is CC(C)C(=O)Nc1ccc(C(=O)N/N=C\c2ccc(Cl)cc2)cc1. The molecule has 0 atom stereocenters. The number of carbonyl (C=O) groups excluding carboxylic acids is 2. The van der Waals surface area contributed by atoms with E-state index in [1.165, 1.54) is 6.21 Å². The zero-order chi connectivity index (χ0) is 17.5. The molecule has 2 N–H and O–H groups in total. The number of hydrogen-bond acceptors (Lipinski definition) is 3. The van der Waals surface area contributed by atoms with Gasteiger partial charge >= 0.3 is 0 Å². The van der Waals surface area contributed by atoms with Crippen LogP contribution in [0.2, 0.25) is 5.02 Å². The first-order valence-corrected chi connectivity index (χ1v) is 7.83. The molecule has 0 spiro atoms. The van der Waals surface area contributed by atoms with Crippen molar-refractivity contribution in [3.63, 3.8) is 0 Å². The zero-order valence-corrected chi connectivity index (χ0v) is 14.2. The summed E-state index contributed by atoms with van der Waals surface area (Å²) in [4.78, 5) is 23.6. The minimum absolute atomic E-state index is 0.0697. The van der Waals surface area contributed by atoms with Crippen molar-refractivity contribution in [3.05, 3.63) is 64.7 Å². The van der Waals surface area contributed by atoms with Gasteiger partial charge in [-0.05, 0) is 42.0 Å². The number of nitrogens with one attached hydrogen (secondary N) is 2. The fourth-order valence-corrected chi connectivity index (χ4v) is 1.90. The van der Waals surface area contributed by atoms with Gasteiger partial charge in [-0.3, -0.25) is 9.59 Å². The van der Waals surface area contributed by atoms with Gasteiger partial charge in [0.15, 0.2) is 0 Å². The second kappa shape index (κ2) is 8.26. The largest absolute Gasteiger partial charge is 0.326 e. The van der Waals surface area contributed by atoms with Gasteiger partial charge in [0.1, 0.15) is 0 Å². The average molecular weight is 344 g/mol. The number of halogens is 1. The average Bonchev–Trinajstić information content (AvgIpc) is 2.57. The summed E-state index contributed by atoms with van der Waals surface area (Å²) < 4.78 is 0. The van der Waals surface area contributed by atoms with Gasteiger partial charge in [-0.1, -0.05) is 37.6 Å². The van der Waals surface area contributed by atoms with E-state index < -0.39 is 0 Å². The quantitative estimate of drug-likeness (QED) is 0.642. The van der Waals surface area contributed by atoms with Crippen LogP contribution in [0, 0.1) is 5.92 Å². The molecule has 2 aromatic carbocycles. The van der Waals surface area contributed by atoms with E-state index in [9.17, 15) is 9.59 Å². The Hall–Kier alpha value is -2.66. The van der Waals surface area contributed by atoms with E-state index in [1.54, 1.807) is 48.5 Å². The van der Waals surface area contributed by atoms with E-state index in [0.29, 0.717) is 16.3 Å². The predicted octanol–water partition coefficient (Wildman–Crippen LogP) is 3.70. The summed E-state index contributed by atoms with van der Waals surface area (Å²) in [5, 5.41) is 7.31. The third kappa shape index (κ3) is 5.21. The first-order valence-electron chi connectivity index (χ1n) is 7.45. The van der Waals surface area contributed by atoms with Gasteiger partial charge in [-0.2, -0.15) is 5.10 Å². The van der Waals surface area contributed by atoms with Crippen LogP contribution in [0.15, 0.2) is 53.6 Å². The molecule has 0 radical (unpaired) electrons. The predicted molar refractivity (Wildman–Crippen MR) is 96.4 cm³/mol. The van der Waals surface area contributed by atoms with Crippen molar-refractivity contribution in [2.45, 2.75) is 13.8 Å². The number of hydrazone groups is 1. The van der Waals surface area contributed by atoms with Gasteiger partial charge in [0.05, 0.1) is 6.21 Å². The highest BCUT2D eigenvalue weighted by Crippen LogP contribution is 2.11. The van der Waals surface area contributed by atoms with E-state index in [-0.39, 0.29) is 17.7 Å². The number of hydrogen-bond donors (Lipinski definition) is 2. The Labute approximate surface area is 145 Å². The molecule has 2 rings (SSSR count). The molecule has 0 heterocycles. The Balaban J connectivity index is 1.92. The molecule has 0 aliphatic rings. The molecule has 0 aromatic heterocycles. The summed E-state index contributed by atoms with van der Waals surface area (Å²) in [6.45, 7) is 3.63. The molecule has 6 heteroatoms. The Morgan fingerprint density at radius 3 is 2.25 bits per heavy atom. The molecule has 0 saturated carbocycles. The summed E-state index contributed by atoms with van der Waals surface area (Å²) in [6.07, 6.45) is 1.53. The van der Waals surface area contributed by atoms with Crippen molar-refractivity contribution in [1.29, 1.82) is 0 Å². The smallest absolute Gasteiger partial charge is 0.271 e. The second-order valence-electron chi connectivity index (χ2n) is 5.47. The first-order chi connectivity index (χ1) is 11.5. The number of nitrogens with zero attached hydrogens (tertiary/aromatic N) is 1. The van der Waals surface area contributed by atoms with Crippen LogP contribution in [0.5, 0.6) is 0 Å². The highest BCUT2D eigenvalue weighted by atomic mass is 35.5. The zero-order valence-electron chi connectivity index (χ0n) is 13.4. The van der Waals surface area contributed by atoms with Gasteiger partial charge in [0.2, 0.25) is 5.91 Å². The molecule has 0 unspecified atom stereocenters. The fourth-order valence-electron chi connectivity index (χ4n) is 1.77. The summed E-state index contributed by atoms with van der Waals surface area (Å²) in [5.41, 5.74) is 4.37. The molecule has 5 nitrogen and oxygen atoms in total. The lowest BCUT2D eigenvalue weighted by molar-refractivity contribution is -0.118. The number of benzene rings is 2. The first kappa shape index (κ1) is 17.7. The lowest BCUT2D eigenvalue weighted by Gasteiger charge is -2.08. The van der Waals surface area contributed by atoms with Crippen LogP contribution < -0.4 is 10.7 Å². The maximum Gasteiger partial charge on any atom is 0.271 e. The van der Waals surface area contributed by atoms with Gasteiger partial charge in [-0.25, -0.2) is 5.43 Å². The molecule has 0 bridgehead atoms. The molecule has 0 aliphatic carbocycles. The third-order valence-electron chi connectivity index (χ3n) is 3.19. The van der Waals surface area contributed by atoms with E-state index in [2.05, 4.69) is 15.8 Å². The molecule has 0 aliphatic heterocycles. The van der Waals surface area contributed by atoms with Crippen molar-refractivity contribution >= 4 is 35.3 Å². The highest BCUT2D eigenvalue weighted by Gasteiger charge is 2.08. The van der Waals surface area contributed by atoms with Crippen molar-refractivity contribution in [2.24, 2.45) is 11.0 Å². The minimum atomic E-state index is -0.332. The molecule has 2 amide bonds. The summed E-state index contributed by atoms with van der Waals surface area (Å²) in [6, 6.07) is 13.7. The van der Waals surface area contributed by atoms with Crippen molar-refractivity contribution in [1.82, 2.24) is 5.43 Å². The number of rotatable bonds is 5. The normalized spacial score (nSPS) is 10.8. The standard InChI is InChI=1S/C18H18ClN3O2/c1-12(2)17(23)21-16-9-5-14(6-10-16)18(24)22-20-11-13-3-7-15(19)8-4-13/h3-12H,1-2H3,(H,21,23)(H,22,24)/b20-11-. The lowest BCUT2D eigenvalue weighted by atomic mass is 10.1. The lowest BCUT2D eigenvalue weighted by Crippen LogP contribution is -2.19. The molecule has 0 saturated heterocycles. The van der Waals surface area contributed by atoms with Crippen LogP contribution >= 0.6 is 11.6 Å². The molecule has 2 aromatic rings. The van der Waals surface area contributed by atoms with Crippen LogP contribution in [-0.2, 0) is 4.79 Å². The third-order valence-corrected chi connectivity index (χ3v) is 3.44.